The Balaban J connectivity index is 1.40. The highest BCUT2D eigenvalue weighted by molar-refractivity contribution is 7.91. The Bertz CT molecular complexity index is 1130. The number of sulfone groups is 1. The maximum Gasteiger partial charge on any atom is 0.417 e. The van der Waals surface area contributed by atoms with Crippen molar-refractivity contribution in [3.63, 3.8) is 0 Å². The Kier molecular flexibility index (Phi) is 6.10. The number of aromatic nitrogens is 1. The van der Waals surface area contributed by atoms with Crippen molar-refractivity contribution in [1.82, 2.24) is 10.3 Å². The quantitative estimate of drug-likeness (QED) is 0.707. The van der Waals surface area contributed by atoms with Gasteiger partial charge in [0.25, 0.3) is 0 Å². The summed E-state index contributed by atoms with van der Waals surface area (Å²) < 4.78 is 63.0. The van der Waals surface area contributed by atoms with Gasteiger partial charge in [0, 0.05) is 25.2 Å². The number of benzene rings is 1. The molecule has 1 aromatic carbocycles. The van der Waals surface area contributed by atoms with Crippen LogP contribution in [-0.2, 0) is 20.8 Å². The maximum atomic E-state index is 12.9. The number of alkyl halides is 3. The third-order valence-corrected chi connectivity index (χ3v) is 8.03. The molecule has 1 amide bonds. The predicted octanol–water partition coefficient (Wildman–Crippen LogP) is 4.01. The third-order valence-electron chi connectivity index (χ3n) is 5.94. The molecule has 2 aliphatic heterocycles. The van der Waals surface area contributed by atoms with Crippen molar-refractivity contribution >= 4 is 33.2 Å². The number of pyridine rings is 1. The Labute approximate surface area is 188 Å². The van der Waals surface area contributed by atoms with Gasteiger partial charge in [0.05, 0.1) is 27.3 Å². The normalized spacial score (nSPS) is 21.1. The van der Waals surface area contributed by atoms with Crippen molar-refractivity contribution in [2.45, 2.75) is 36.4 Å². The van der Waals surface area contributed by atoms with Gasteiger partial charge < -0.3 is 10.2 Å². The number of halogens is 4. The van der Waals surface area contributed by atoms with Gasteiger partial charge in [-0.2, -0.15) is 13.2 Å². The Morgan fingerprint density at radius 2 is 1.84 bits per heavy atom. The number of hydrogen-bond donors (Lipinski definition) is 1. The summed E-state index contributed by atoms with van der Waals surface area (Å²) in [7, 11) is -3.34. The number of fused-ring (bicyclic) bond motifs is 1. The second-order valence-electron chi connectivity index (χ2n) is 8.00. The van der Waals surface area contributed by atoms with E-state index in [0.29, 0.717) is 37.9 Å². The molecule has 0 spiro atoms. The van der Waals surface area contributed by atoms with E-state index in [1.807, 2.05) is 0 Å². The fraction of sp³-hybridized carbons (Fsp3) is 0.429. The molecule has 32 heavy (non-hydrogen) atoms. The Hall–Kier alpha value is -2.33. The smallest absolute Gasteiger partial charge is 0.355 e. The van der Waals surface area contributed by atoms with Gasteiger partial charge in [-0.1, -0.05) is 29.8 Å². The molecular formula is C21H21ClF3N3O3S. The van der Waals surface area contributed by atoms with Gasteiger partial charge in [-0.05, 0) is 37.0 Å². The number of nitrogens with one attached hydrogen (secondary N) is 1. The first-order valence-corrected chi connectivity index (χ1v) is 12.2. The molecule has 2 aromatic rings. The topological polar surface area (TPSA) is 79.4 Å². The summed E-state index contributed by atoms with van der Waals surface area (Å²) in [6, 6.07) is 7.18. The first-order valence-electron chi connectivity index (χ1n) is 10.2. The second-order valence-corrected chi connectivity index (χ2v) is 10.5. The minimum Gasteiger partial charge on any atom is -0.355 e. The number of amides is 1. The van der Waals surface area contributed by atoms with E-state index in [2.05, 4.69) is 10.3 Å². The summed E-state index contributed by atoms with van der Waals surface area (Å²) in [5.74, 6) is -0.198. The van der Waals surface area contributed by atoms with Crippen LogP contribution in [0.4, 0.5) is 19.0 Å². The summed E-state index contributed by atoms with van der Waals surface area (Å²) in [4.78, 5) is 18.8. The number of carbonyl (C=O) groups is 1. The average molecular weight is 488 g/mol. The summed E-state index contributed by atoms with van der Waals surface area (Å²) in [6.07, 6.45) is -2.48. The zero-order chi connectivity index (χ0) is 23.1. The average Bonchev–Trinajstić information content (AvgIpc) is 2.75. The fourth-order valence-electron chi connectivity index (χ4n) is 4.20. The van der Waals surface area contributed by atoms with Crippen LogP contribution < -0.4 is 10.2 Å². The molecule has 0 unspecified atom stereocenters. The number of anilines is 1. The number of carbonyl (C=O) groups excluding carboxylic acids is 1. The lowest BCUT2D eigenvalue weighted by molar-refractivity contribution is -0.137. The van der Waals surface area contributed by atoms with E-state index < -0.39 is 21.6 Å². The van der Waals surface area contributed by atoms with Crippen molar-refractivity contribution in [3.05, 3.63) is 52.7 Å². The van der Waals surface area contributed by atoms with Crippen molar-refractivity contribution in [2.24, 2.45) is 5.92 Å². The van der Waals surface area contributed by atoms with Gasteiger partial charge >= 0.3 is 6.18 Å². The molecule has 1 fully saturated rings. The molecule has 6 nitrogen and oxygen atoms in total. The number of rotatable bonds is 3. The summed E-state index contributed by atoms with van der Waals surface area (Å²) >= 11 is 6.03. The molecule has 0 radical (unpaired) electrons. The van der Waals surface area contributed by atoms with E-state index in [-0.39, 0.29) is 39.4 Å². The second kappa shape index (κ2) is 8.55. The molecule has 2 aliphatic rings. The van der Waals surface area contributed by atoms with Crippen LogP contribution >= 0.6 is 11.6 Å². The monoisotopic (exact) mass is 487 g/mol. The van der Waals surface area contributed by atoms with Gasteiger partial charge in [0.2, 0.25) is 5.91 Å². The van der Waals surface area contributed by atoms with Crippen LogP contribution in [0.1, 0.15) is 36.4 Å². The Morgan fingerprint density at radius 3 is 2.50 bits per heavy atom. The predicted molar refractivity (Wildman–Crippen MR) is 113 cm³/mol. The van der Waals surface area contributed by atoms with Crippen molar-refractivity contribution in [1.29, 1.82) is 0 Å². The number of hydrogen-bond acceptors (Lipinski definition) is 5. The lowest BCUT2D eigenvalue weighted by atomic mass is 9.94. The minimum absolute atomic E-state index is 0.0223. The van der Waals surface area contributed by atoms with Crippen LogP contribution in [0, 0.1) is 5.92 Å². The molecular weight excluding hydrogens is 467 g/mol. The molecule has 11 heteroatoms. The van der Waals surface area contributed by atoms with Crippen LogP contribution in [0.25, 0.3) is 0 Å². The molecule has 172 valence electrons. The SMILES string of the molecule is O=C(N[C@@H]1CCS(=O)(=O)c2ccccc21)C1CCN(c2ncc(C(F)(F)F)cc2Cl)CC1. The largest absolute Gasteiger partial charge is 0.417 e. The first kappa shape index (κ1) is 22.8. The van der Waals surface area contributed by atoms with Crippen LogP contribution in [0.15, 0.2) is 41.4 Å². The molecule has 1 aromatic heterocycles. The highest BCUT2D eigenvalue weighted by Gasteiger charge is 2.35. The number of nitrogens with zero attached hydrogens (tertiary/aromatic N) is 2. The molecule has 0 aliphatic carbocycles. The molecule has 3 heterocycles. The van der Waals surface area contributed by atoms with Crippen LogP contribution in [0.5, 0.6) is 0 Å². The van der Waals surface area contributed by atoms with E-state index >= 15 is 0 Å². The van der Waals surface area contributed by atoms with E-state index in [1.54, 1.807) is 29.2 Å². The van der Waals surface area contributed by atoms with Gasteiger partial charge in [-0.3, -0.25) is 4.79 Å². The standard InChI is InChI=1S/C21H21ClF3N3O3S/c22-16-11-14(21(23,24)25)12-26-19(16)28-8-5-13(6-9-28)20(29)27-17-7-10-32(30,31)18-4-2-1-3-15(17)18/h1-4,11-13,17H,5-10H2,(H,27,29)/t17-/m1/s1. The molecule has 1 N–H and O–H groups in total. The van der Waals surface area contributed by atoms with Crippen molar-refractivity contribution in [3.8, 4) is 0 Å². The zero-order valence-corrected chi connectivity index (χ0v) is 18.5. The first-order chi connectivity index (χ1) is 15.1. The Morgan fingerprint density at radius 1 is 1.16 bits per heavy atom. The van der Waals surface area contributed by atoms with E-state index in [0.717, 1.165) is 12.3 Å². The molecule has 1 atom stereocenters. The maximum absolute atomic E-state index is 12.9. The fourth-order valence-corrected chi connectivity index (χ4v) is 6.11. The van der Waals surface area contributed by atoms with Gasteiger partial charge in [0.15, 0.2) is 9.84 Å². The molecule has 0 saturated carbocycles. The highest BCUT2D eigenvalue weighted by atomic mass is 35.5. The highest BCUT2D eigenvalue weighted by Crippen LogP contribution is 2.35. The zero-order valence-electron chi connectivity index (χ0n) is 16.9. The third kappa shape index (κ3) is 4.56. The van der Waals surface area contributed by atoms with Crippen molar-refractivity contribution in [2.75, 3.05) is 23.7 Å². The molecule has 4 rings (SSSR count). The summed E-state index contributed by atoms with van der Waals surface area (Å²) in [5, 5.41) is 2.90. The van der Waals surface area contributed by atoms with E-state index in [9.17, 15) is 26.4 Å². The number of piperidine rings is 1. The van der Waals surface area contributed by atoms with Crippen LogP contribution in [0.3, 0.4) is 0 Å². The van der Waals surface area contributed by atoms with Crippen LogP contribution in [0.2, 0.25) is 5.02 Å². The molecule has 1 saturated heterocycles. The summed E-state index contributed by atoms with van der Waals surface area (Å²) in [5.41, 5.74) is -0.305. The summed E-state index contributed by atoms with van der Waals surface area (Å²) in [6.45, 7) is 0.845. The van der Waals surface area contributed by atoms with Gasteiger partial charge in [-0.15, -0.1) is 0 Å². The van der Waals surface area contributed by atoms with Crippen molar-refractivity contribution < 1.29 is 26.4 Å². The minimum atomic E-state index is -4.52. The lowest BCUT2D eigenvalue weighted by Gasteiger charge is -2.34. The van der Waals surface area contributed by atoms with E-state index in [4.69, 9.17) is 11.6 Å². The molecule has 0 bridgehead atoms. The lowest BCUT2D eigenvalue weighted by Crippen LogP contribution is -2.43. The van der Waals surface area contributed by atoms with Gasteiger partial charge in [0.1, 0.15) is 5.82 Å². The van der Waals surface area contributed by atoms with E-state index in [1.165, 1.54) is 0 Å². The van der Waals surface area contributed by atoms with Gasteiger partial charge in [-0.25, -0.2) is 13.4 Å². The van der Waals surface area contributed by atoms with Crippen LogP contribution in [-0.4, -0.2) is 38.2 Å².